The molecule has 1 aromatic carbocycles. The van der Waals surface area contributed by atoms with E-state index in [1.54, 1.807) is 6.07 Å². The van der Waals surface area contributed by atoms with Crippen LogP contribution in [0.2, 0.25) is 0 Å². The Kier molecular flexibility index (Phi) is 4.11. The fourth-order valence-corrected chi connectivity index (χ4v) is 4.30. The number of carbonyl (C=O) groups excluding carboxylic acids is 4. The van der Waals surface area contributed by atoms with E-state index in [0.29, 0.717) is 11.1 Å². The van der Waals surface area contributed by atoms with Gasteiger partial charge in [-0.1, -0.05) is 12.1 Å². The smallest absolute Gasteiger partial charge is 0.262 e. The lowest BCUT2D eigenvalue weighted by molar-refractivity contribution is -0.136. The molecule has 2 fully saturated rings. The van der Waals surface area contributed by atoms with Crippen LogP contribution in [0, 0.1) is 0 Å². The zero-order chi connectivity index (χ0) is 18.4. The number of carbonyl (C=O) groups is 4. The van der Waals surface area contributed by atoms with Crippen molar-refractivity contribution in [3.63, 3.8) is 0 Å². The fraction of sp³-hybridized carbons (Fsp3) is 0.474. The van der Waals surface area contributed by atoms with Gasteiger partial charge in [0, 0.05) is 13.0 Å². The number of nitrogens with zero attached hydrogens (tertiary/aromatic N) is 2. The second-order valence-electron chi connectivity index (χ2n) is 7.32. The van der Waals surface area contributed by atoms with Crippen molar-refractivity contribution >= 4 is 23.6 Å². The minimum absolute atomic E-state index is 0.129. The SMILES string of the molecule is CN1CCCC(c2cccc3c2C(=O)N(C2CCC(=O)NC2=O)C3=O)C1. The van der Waals surface area contributed by atoms with Gasteiger partial charge < -0.3 is 4.90 Å². The first-order valence-electron chi connectivity index (χ1n) is 9.00. The molecular formula is C19H21N3O4. The maximum absolute atomic E-state index is 13.1. The van der Waals surface area contributed by atoms with Crippen molar-refractivity contribution in [1.29, 1.82) is 0 Å². The van der Waals surface area contributed by atoms with Gasteiger partial charge in [-0.2, -0.15) is 0 Å². The average molecular weight is 355 g/mol. The lowest BCUT2D eigenvalue weighted by atomic mass is 9.86. The Balaban J connectivity index is 1.69. The van der Waals surface area contributed by atoms with E-state index >= 15 is 0 Å². The summed E-state index contributed by atoms with van der Waals surface area (Å²) in [6, 6.07) is 4.46. The second-order valence-corrected chi connectivity index (χ2v) is 7.32. The first-order chi connectivity index (χ1) is 12.5. The van der Waals surface area contributed by atoms with Gasteiger partial charge in [0.1, 0.15) is 6.04 Å². The van der Waals surface area contributed by atoms with Gasteiger partial charge in [0.2, 0.25) is 11.8 Å². The fourth-order valence-electron chi connectivity index (χ4n) is 4.30. The molecule has 1 aromatic rings. The van der Waals surface area contributed by atoms with Crippen LogP contribution in [0.1, 0.15) is 57.9 Å². The molecule has 0 saturated carbocycles. The van der Waals surface area contributed by atoms with Crippen molar-refractivity contribution in [3.8, 4) is 0 Å². The monoisotopic (exact) mass is 355 g/mol. The predicted octanol–water partition coefficient (Wildman–Crippen LogP) is 0.897. The summed E-state index contributed by atoms with van der Waals surface area (Å²) >= 11 is 0. The Morgan fingerprint density at radius 1 is 1.08 bits per heavy atom. The number of hydrogen-bond acceptors (Lipinski definition) is 5. The van der Waals surface area contributed by atoms with Crippen LogP contribution in [0.5, 0.6) is 0 Å². The van der Waals surface area contributed by atoms with Gasteiger partial charge >= 0.3 is 0 Å². The molecule has 2 atom stereocenters. The zero-order valence-electron chi connectivity index (χ0n) is 14.7. The quantitative estimate of drug-likeness (QED) is 0.797. The highest BCUT2D eigenvalue weighted by Crippen LogP contribution is 2.36. The number of piperidine rings is 2. The van der Waals surface area contributed by atoms with Gasteiger partial charge in [0.15, 0.2) is 0 Å². The summed E-state index contributed by atoms with van der Waals surface area (Å²) in [4.78, 5) is 52.8. The first kappa shape index (κ1) is 16.9. The number of likely N-dealkylation sites (N-methyl/N-ethyl adjacent to an activating group) is 1. The molecule has 2 unspecified atom stereocenters. The molecule has 4 amide bonds. The van der Waals surface area contributed by atoms with Crippen LogP contribution in [0.4, 0.5) is 0 Å². The van der Waals surface area contributed by atoms with Crippen molar-refractivity contribution in [3.05, 3.63) is 34.9 Å². The van der Waals surface area contributed by atoms with Gasteiger partial charge in [-0.3, -0.25) is 29.4 Å². The summed E-state index contributed by atoms with van der Waals surface area (Å²) < 4.78 is 0. The number of benzene rings is 1. The molecule has 0 bridgehead atoms. The van der Waals surface area contributed by atoms with Crippen molar-refractivity contribution < 1.29 is 19.2 Å². The average Bonchev–Trinajstić information content (AvgIpc) is 2.87. The van der Waals surface area contributed by atoms with Crippen LogP contribution in [0.25, 0.3) is 0 Å². The van der Waals surface area contributed by atoms with Gasteiger partial charge in [0.05, 0.1) is 11.1 Å². The zero-order valence-corrected chi connectivity index (χ0v) is 14.7. The van der Waals surface area contributed by atoms with Crippen molar-refractivity contribution in [1.82, 2.24) is 15.1 Å². The molecule has 0 spiro atoms. The summed E-state index contributed by atoms with van der Waals surface area (Å²) in [5.41, 5.74) is 1.69. The molecule has 26 heavy (non-hydrogen) atoms. The molecule has 3 aliphatic rings. The van der Waals surface area contributed by atoms with E-state index in [-0.39, 0.29) is 24.7 Å². The standard InChI is InChI=1S/C19H21N3O4/c1-21-9-3-4-11(10-21)12-5-2-6-13-16(12)19(26)22(18(13)25)14-7-8-15(23)20-17(14)24/h2,5-6,11,14H,3-4,7-10H2,1H3,(H,20,23,24). The summed E-state index contributed by atoms with van der Waals surface area (Å²) in [7, 11) is 2.05. The molecule has 3 heterocycles. The number of rotatable bonds is 2. The van der Waals surface area contributed by atoms with Crippen LogP contribution in [0.15, 0.2) is 18.2 Å². The van der Waals surface area contributed by atoms with E-state index in [0.717, 1.165) is 36.4 Å². The van der Waals surface area contributed by atoms with Crippen LogP contribution in [-0.2, 0) is 9.59 Å². The molecule has 0 aliphatic carbocycles. The van der Waals surface area contributed by atoms with Gasteiger partial charge in [-0.15, -0.1) is 0 Å². The minimum atomic E-state index is -0.915. The van der Waals surface area contributed by atoms with Crippen LogP contribution in [-0.4, -0.2) is 59.6 Å². The summed E-state index contributed by atoms with van der Waals surface area (Å²) in [6.07, 6.45) is 2.33. The van der Waals surface area contributed by atoms with Gasteiger partial charge in [0.25, 0.3) is 11.8 Å². The van der Waals surface area contributed by atoms with Crippen LogP contribution in [0.3, 0.4) is 0 Å². The van der Waals surface area contributed by atoms with Crippen molar-refractivity contribution in [2.75, 3.05) is 20.1 Å². The number of hydrogen-bond donors (Lipinski definition) is 1. The summed E-state index contributed by atoms with van der Waals surface area (Å²) in [5.74, 6) is -1.60. The Morgan fingerprint density at radius 2 is 1.88 bits per heavy atom. The third kappa shape index (κ3) is 2.63. The lowest BCUT2D eigenvalue weighted by Gasteiger charge is -2.31. The van der Waals surface area contributed by atoms with Gasteiger partial charge in [-0.25, -0.2) is 0 Å². The molecule has 0 aromatic heterocycles. The topological polar surface area (TPSA) is 86.8 Å². The third-order valence-corrected chi connectivity index (χ3v) is 5.56. The Labute approximate surface area is 151 Å². The van der Waals surface area contributed by atoms with Crippen LogP contribution >= 0.6 is 0 Å². The van der Waals surface area contributed by atoms with Gasteiger partial charge in [-0.05, 0) is 50.4 Å². The molecule has 7 nitrogen and oxygen atoms in total. The molecule has 3 aliphatic heterocycles. The molecule has 7 heteroatoms. The van der Waals surface area contributed by atoms with Crippen molar-refractivity contribution in [2.24, 2.45) is 0 Å². The predicted molar refractivity (Wildman–Crippen MR) is 92.6 cm³/mol. The molecule has 4 rings (SSSR count). The first-order valence-corrected chi connectivity index (χ1v) is 9.00. The highest BCUT2D eigenvalue weighted by Gasteiger charge is 2.46. The van der Waals surface area contributed by atoms with E-state index in [9.17, 15) is 19.2 Å². The number of nitrogens with one attached hydrogen (secondary N) is 1. The minimum Gasteiger partial charge on any atom is -0.306 e. The molecular weight excluding hydrogens is 334 g/mol. The van der Waals surface area contributed by atoms with E-state index in [1.165, 1.54) is 0 Å². The Hall–Kier alpha value is -2.54. The van der Waals surface area contributed by atoms with Crippen LogP contribution < -0.4 is 5.32 Å². The van der Waals surface area contributed by atoms with E-state index in [1.807, 2.05) is 12.1 Å². The number of imide groups is 2. The van der Waals surface area contributed by atoms with E-state index in [4.69, 9.17) is 0 Å². The highest BCUT2D eigenvalue weighted by molar-refractivity contribution is 6.24. The normalized spacial score (nSPS) is 26.9. The third-order valence-electron chi connectivity index (χ3n) is 5.56. The maximum Gasteiger partial charge on any atom is 0.262 e. The second kappa shape index (κ2) is 6.32. The molecule has 136 valence electrons. The number of amides is 4. The summed E-state index contributed by atoms with van der Waals surface area (Å²) in [6.45, 7) is 1.87. The highest BCUT2D eigenvalue weighted by atomic mass is 16.2. The van der Waals surface area contributed by atoms with E-state index in [2.05, 4.69) is 17.3 Å². The number of likely N-dealkylation sites (tertiary alicyclic amines) is 1. The molecule has 0 radical (unpaired) electrons. The molecule has 2 saturated heterocycles. The Bertz CT molecular complexity index is 819. The molecule has 1 N–H and O–H groups in total. The van der Waals surface area contributed by atoms with E-state index < -0.39 is 23.8 Å². The lowest BCUT2D eigenvalue weighted by Crippen LogP contribution is -2.54. The Morgan fingerprint density at radius 3 is 2.62 bits per heavy atom. The maximum atomic E-state index is 13.1. The number of fused-ring (bicyclic) bond motifs is 1. The summed E-state index contributed by atoms with van der Waals surface area (Å²) in [5, 5.41) is 2.23. The van der Waals surface area contributed by atoms with Crippen molar-refractivity contribution in [2.45, 2.75) is 37.6 Å². The largest absolute Gasteiger partial charge is 0.306 e.